The van der Waals surface area contributed by atoms with E-state index in [0.717, 1.165) is 60.2 Å². The second-order valence-electron chi connectivity index (χ2n) is 7.88. The third kappa shape index (κ3) is 3.78. The van der Waals surface area contributed by atoms with Crippen molar-refractivity contribution in [3.8, 4) is 0 Å². The molecule has 0 bridgehead atoms. The highest BCUT2D eigenvalue weighted by Crippen LogP contribution is 2.35. The molecule has 156 valence electrons. The number of aromatic nitrogens is 3. The zero-order valence-electron chi connectivity index (χ0n) is 16.7. The first-order valence-electron chi connectivity index (χ1n) is 10.5. The third-order valence-corrected chi connectivity index (χ3v) is 8.12. The van der Waals surface area contributed by atoms with Crippen molar-refractivity contribution in [1.82, 2.24) is 19.9 Å². The van der Waals surface area contributed by atoms with Crippen LogP contribution in [0.3, 0.4) is 0 Å². The predicted molar refractivity (Wildman–Crippen MR) is 121 cm³/mol. The van der Waals surface area contributed by atoms with Gasteiger partial charge in [0.25, 0.3) is 5.56 Å². The zero-order chi connectivity index (χ0) is 20.5. The minimum absolute atomic E-state index is 0.0116. The Morgan fingerprint density at radius 3 is 3.13 bits per heavy atom. The maximum atomic E-state index is 12.8. The highest BCUT2D eigenvalue weighted by atomic mass is 32.2. The van der Waals surface area contributed by atoms with E-state index in [1.54, 1.807) is 29.3 Å². The van der Waals surface area contributed by atoms with Gasteiger partial charge in [-0.2, -0.15) is 11.8 Å². The fraction of sp³-hybridized carbons (Fsp3) is 0.455. The molecular weight excluding hydrogens is 416 g/mol. The Kier molecular flexibility index (Phi) is 5.60. The molecule has 1 amide bonds. The van der Waals surface area contributed by atoms with E-state index in [-0.39, 0.29) is 17.5 Å². The summed E-state index contributed by atoms with van der Waals surface area (Å²) in [6.45, 7) is 0.817. The predicted octanol–water partition coefficient (Wildman–Crippen LogP) is 3.86. The average Bonchev–Trinajstić information content (AvgIpc) is 3.47. The Balaban J connectivity index is 1.18. The van der Waals surface area contributed by atoms with Crippen LogP contribution in [0, 0.1) is 0 Å². The number of hydrogen-bond acceptors (Lipinski definition) is 6. The van der Waals surface area contributed by atoms with Gasteiger partial charge in [0.1, 0.15) is 10.7 Å². The number of aryl methyl sites for hydroxylation is 2. The lowest BCUT2D eigenvalue weighted by atomic mass is 10.1. The number of nitrogens with one attached hydrogen (secondary N) is 1. The summed E-state index contributed by atoms with van der Waals surface area (Å²) in [7, 11) is 0. The number of thioether (sulfide) groups is 1. The van der Waals surface area contributed by atoms with Crippen LogP contribution in [0.1, 0.15) is 53.6 Å². The van der Waals surface area contributed by atoms with Gasteiger partial charge in [-0.15, -0.1) is 11.3 Å². The summed E-state index contributed by atoms with van der Waals surface area (Å²) in [6.07, 6.45) is 9.37. The maximum absolute atomic E-state index is 12.8. The van der Waals surface area contributed by atoms with Crippen LogP contribution in [-0.4, -0.2) is 38.1 Å². The summed E-state index contributed by atoms with van der Waals surface area (Å²) < 4.78 is 0. The van der Waals surface area contributed by atoms with Gasteiger partial charge in [-0.25, -0.2) is 4.98 Å². The summed E-state index contributed by atoms with van der Waals surface area (Å²) in [4.78, 5) is 41.3. The van der Waals surface area contributed by atoms with Crippen LogP contribution in [0.2, 0.25) is 0 Å². The van der Waals surface area contributed by atoms with Gasteiger partial charge in [-0.05, 0) is 49.3 Å². The first-order valence-corrected chi connectivity index (χ1v) is 12.5. The lowest BCUT2D eigenvalue weighted by Gasteiger charge is -2.24. The first kappa shape index (κ1) is 19.8. The van der Waals surface area contributed by atoms with Gasteiger partial charge in [-0.1, -0.05) is 6.07 Å². The number of H-pyrrole nitrogens is 1. The summed E-state index contributed by atoms with van der Waals surface area (Å²) in [5, 5.41) is 0.798. The topological polar surface area (TPSA) is 79.0 Å². The van der Waals surface area contributed by atoms with Crippen molar-refractivity contribution in [2.75, 3.05) is 12.3 Å². The van der Waals surface area contributed by atoms with E-state index in [9.17, 15) is 9.59 Å². The molecule has 30 heavy (non-hydrogen) atoms. The van der Waals surface area contributed by atoms with Crippen LogP contribution < -0.4 is 5.56 Å². The Bertz CT molecular complexity index is 1130. The molecule has 3 aromatic rings. The van der Waals surface area contributed by atoms with Crippen molar-refractivity contribution in [2.24, 2.45) is 0 Å². The molecule has 1 saturated heterocycles. The Labute approximate surface area is 183 Å². The number of likely N-dealkylation sites (tertiary alicyclic amines) is 1. The number of fused-ring (bicyclic) bond motifs is 3. The van der Waals surface area contributed by atoms with Crippen molar-refractivity contribution >= 4 is 39.2 Å². The number of pyridine rings is 1. The molecule has 1 N–H and O–H groups in total. The van der Waals surface area contributed by atoms with Crippen molar-refractivity contribution < 1.29 is 4.79 Å². The Hall–Kier alpha value is -2.19. The largest absolute Gasteiger partial charge is 0.336 e. The fourth-order valence-corrected chi connectivity index (χ4v) is 6.65. The van der Waals surface area contributed by atoms with Gasteiger partial charge in [0.2, 0.25) is 5.91 Å². The van der Waals surface area contributed by atoms with Crippen molar-refractivity contribution in [1.29, 1.82) is 0 Å². The van der Waals surface area contributed by atoms with Crippen LogP contribution in [0.25, 0.3) is 10.2 Å². The summed E-state index contributed by atoms with van der Waals surface area (Å²) >= 11 is 3.32. The normalized spacial score (nSPS) is 18.3. The summed E-state index contributed by atoms with van der Waals surface area (Å²) in [5.41, 5.74) is 2.32. The quantitative estimate of drug-likeness (QED) is 0.589. The number of thiophene rings is 1. The standard InChI is InChI=1S/C22H24N4O2S2/c27-19(26-10-3-6-16(26)14-4-2-9-23-12-14)8-11-29-13-18-24-21(28)20-15-5-1-7-17(15)30-22(20)25-18/h2,4,9,12,16H,1,3,5-8,10-11,13H2,(H,24,25,28). The van der Waals surface area contributed by atoms with Crippen LogP contribution in [0.15, 0.2) is 29.3 Å². The van der Waals surface area contributed by atoms with Gasteiger partial charge >= 0.3 is 0 Å². The minimum Gasteiger partial charge on any atom is -0.336 e. The average molecular weight is 441 g/mol. The number of aromatic amines is 1. The molecule has 0 aromatic carbocycles. The second-order valence-corrected chi connectivity index (χ2v) is 10.1. The van der Waals surface area contributed by atoms with Crippen LogP contribution in [-0.2, 0) is 23.4 Å². The smallest absolute Gasteiger partial charge is 0.259 e. The number of rotatable bonds is 6. The Morgan fingerprint density at radius 1 is 1.33 bits per heavy atom. The SMILES string of the molecule is O=C(CCSCc1nc2sc3c(c2c(=O)[nH]1)CCC3)N1CCCC1c1cccnc1. The molecule has 4 heterocycles. The molecule has 1 fully saturated rings. The highest BCUT2D eigenvalue weighted by Gasteiger charge is 2.29. The van der Waals surface area contributed by atoms with E-state index in [0.29, 0.717) is 18.0 Å². The lowest BCUT2D eigenvalue weighted by Crippen LogP contribution is -2.30. The van der Waals surface area contributed by atoms with Crippen molar-refractivity contribution in [3.05, 3.63) is 56.7 Å². The zero-order valence-corrected chi connectivity index (χ0v) is 18.4. The summed E-state index contributed by atoms with van der Waals surface area (Å²) in [5.74, 6) is 2.24. The molecule has 1 atom stereocenters. The number of amides is 1. The molecule has 1 unspecified atom stereocenters. The molecule has 5 rings (SSSR count). The maximum Gasteiger partial charge on any atom is 0.259 e. The van der Waals surface area contributed by atoms with E-state index < -0.39 is 0 Å². The molecular formula is C22H24N4O2S2. The van der Waals surface area contributed by atoms with Gasteiger partial charge in [-0.3, -0.25) is 14.6 Å². The van der Waals surface area contributed by atoms with Crippen molar-refractivity contribution in [2.45, 2.75) is 50.3 Å². The monoisotopic (exact) mass is 440 g/mol. The van der Waals surface area contributed by atoms with Gasteiger partial charge in [0.15, 0.2) is 0 Å². The second kappa shape index (κ2) is 8.51. The van der Waals surface area contributed by atoms with Crippen LogP contribution in [0.5, 0.6) is 0 Å². The van der Waals surface area contributed by atoms with E-state index in [4.69, 9.17) is 0 Å². The van der Waals surface area contributed by atoms with Crippen molar-refractivity contribution in [3.63, 3.8) is 0 Å². The lowest BCUT2D eigenvalue weighted by molar-refractivity contribution is -0.131. The molecule has 1 aliphatic heterocycles. The molecule has 3 aromatic heterocycles. The number of carbonyl (C=O) groups excluding carboxylic acids is 1. The minimum atomic E-state index is -0.0116. The fourth-order valence-electron chi connectivity index (χ4n) is 4.57. The third-order valence-electron chi connectivity index (χ3n) is 5.97. The molecule has 2 aliphatic rings. The number of nitrogens with zero attached hydrogens (tertiary/aromatic N) is 3. The molecule has 0 radical (unpaired) electrons. The number of hydrogen-bond donors (Lipinski definition) is 1. The molecule has 8 heteroatoms. The van der Waals surface area contributed by atoms with E-state index in [1.165, 1.54) is 10.4 Å². The number of carbonyl (C=O) groups is 1. The molecule has 1 aliphatic carbocycles. The Morgan fingerprint density at radius 2 is 2.27 bits per heavy atom. The summed E-state index contributed by atoms with van der Waals surface area (Å²) in [6, 6.07) is 4.13. The van der Waals surface area contributed by atoms with Gasteiger partial charge < -0.3 is 9.88 Å². The first-order chi connectivity index (χ1) is 14.7. The van der Waals surface area contributed by atoms with Gasteiger partial charge in [0, 0.05) is 36.0 Å². The van der Waals surface area contributed by atoms with Crippen LogP contribution >= 0.6 is 23.1 Å². The van der Waals surface area contributed by atoms with E-state index >= 15 is 0 Å². The van der Waals surface area contributed by atoms with E-state index in [2.05, 4.69) is 21.0 Å². The molecule has 6 nitrogen and oxygen atoms in total. The highest BCUT2D eigenvalue weighted by molar-refractivity contribution is 7.98. The van der Waals surface area contributed by atoms with Crippen LogP contribution in [0.4, 0.5) is 0 Å². The van der Waals surface area contributed by atoms with E-state index in [1.807, 2.05) is 17.2 Å². The van der Waals surface area contributed by atoms with Gasteiger partial charge in [0.05, 0.1) is 17.2 Å². The molecule has 0 spiro atoms. The molecule has 0 saturated carbocycles.